The normalized spacial score (nSPS) is 20.9. The molecule has 0 aliphatic heterocycles. The molecule has 12 heavy (non-hydrogen) atoms. The molecule has 1 saturated carbocycles. The summed E-state index contributed by atoms with van der Waals surface area (Å²) in [6, 6.07) is 0. The average molecular weight is 169 g/mol. The van der Waals surface area contributed by atoms with Crippen LogP contribution in [0.2, 0.25) is 0 Å². The molecule has 3 nitrogen and oxygen atoms in total. The number of nitrogens with zero attached hydrogens (tertiary/aromatic N) is 1. The Morgan fingerprint density at radius 2 is 1.92 bits per heavy atom. The van der Waals surface area contributed by atoms with Gasteiger partial charge in [0.05, 0.1) is 0 Å². The topological polar surface area (TPSA) is 49.7 Å². The zero-order valence-corrected chi connectivity index (χ0v) is 7.42. The molecule has 1 N–H and O–H groups in total. The van der Waals surface area contributed by atoms with Crippen molar-refractivity contribution in [2.75, 3.05) is 0 Å². The first kappa shape index (κ1) is 9.23. The molecule has 0 atom stereocenters. The third-order valence-corrected chi connectivity index (χ3v) is 2.48. The summed E-state index contributed by atoms with van der Waals surface area (Å²) < 4.78 is 0. The number of Topliss-reactive ketones (excluding diaryl/α,β-unsaturated/α-hetero) is 1. The molecule has 3 heteroatoms. The van der Waals surface area contributed by atoms with Gasteiger partial charge in [-0.3, -0.25) is 4.79 Å². The highest BCUT2D eigenvalue weighted by Gasteiger charge is 2.22. The van der Waals surface area contributed by atoms with E-state index in [-0.39, 0.29) is 17.4 Å². The van der Waals surface area contributed by atoms with Gasteiger partial charge in [-0.25, -0.2) is 0 Å². The highest BCUT2D eigenvalue weighted by Crippen LogP contribution is 2.24. The van der Waals surface area contributed by atoms with Gasteiger partial charge in [0.1, 0.15) is 5.71 Å². The van der Waals surface area contributed by atoms with Crippen LogP contribution >= 0.6 is 0 Å². The van der Waals surface area contributed by atoms with Gasteiger partial charge in [0, 0.05) is 5.92 Å². The second-order valence-corrected chi connectivity index (χ2v) is 3.38. The number of oxime groups is 1. The second kappa shape index (κ2) is 4.24. The van der Waals surface area contributed by atoms with Crippen LogP contribution in [0.15, 0.2) is 5.16 Å². The fourth-order valence-corrected chi connectivity index (χ4v) is 1.71. The van der Waals surface area contributed by atoms with Gasteiger partial charge in [-0.1, -0.05) is 24.4 Å². The van der Waals surface area contributed by atoms with Crippen molar-refractivity contribution in [1.82, 2.24) is 0 Å². The molecule has 0 spiro atoms. The summed E-state index contributed by atoms with van der Waals surface area (Å²) in [6.07, 6.45) is 5.43. The van der Waals surface area contributed by atoms with Crippen LogP contribution in [0.1, 0.15) is 39.0 Å². The van der Waals surface area contributed by atoms with Crippen molar-refractivity contribution in [3.63, 3.8) is 0 Å². The number of rotatable bonds is 2. The average Bonchev–Trinajstić information content (AvgIpc) is 2.17. The number of carbonyl (C=O) groups is 1. The lowest BCUT2D eigenvalue weighted by Crippen LogP contribution is -2.23. The van der Waals surface area contributed by atoms with Crippen LogP contribution in [-0.2, 0) is 4.79 Å². The Kier molecular flexibility index (Phi) is 3.26. The lowest BCUT2D eigenvalue weighted by atomic mass is 9.85. The summed E-state index contributed by atoms with van der Waals surface area (Å²) in [5.74, 6) is 0.145. The third kappa shape index (κ3) is 2.06. The van der Waals surface area contributed by atoms with Gasteiger partial charge in [-0.05, 0) is 19.8 Å². The minimum absolute atomic E-state index is 0.0252. The minimum atomic E-state index is 0.0252. The van der Waals surface area contributed by atoms with E-state index in [4.69, 9.17) is 5.21 Å². The Morgan fingerprint density at radius 3 is 2.42 bits per heavy atom. The van der Waals surface area contributed by atoms with Crippen LogP contribution in [0.25, 0.3) is 0 Å². The van der Waals surface area contributed by atoms with Crippen LogP contribution < -0.4 is 0 Å². The molecule has 0 aromatic carbocycles. The second-order valence-electron chi connectivity index (χ2n) is 3.38. The van der Waals surface area contributed by atoms with E-state index in [0.29, 0.717) is 0 Å². The van der Waals surface area contributed by atoms with Gasteiger partial charge < -0.3 is 5.21 Å². The van der Waals surface area contributed by atoms with Gasteiger partial charge >= 0.3 is 0 Å². The zero-order chi connectivity index (χ0) is 8.97. The number of hydrogen-bond acceptors (Lipinski definition) is 3. The van der Waals surface area contributed by atoms with Crippen LogP contribution in [0, 0.1) is 5.92 Å². The van der Waals surface area contributed by atoms with Gasteiger partial charge in [-0.15, -0.1) is 0 Å². The van der Waals surface area contributed by atoms with Crippen LogP contribution in [0.3, 0.4) is 0 Å². The quantitative estimate of drug-likeness (QED) is 0.390. The molecule has 0 heterocycles. The number of ketones is 1. The maximum atomic E-state index is 11.4. The summed E-state index contributed by atoms with van der Waals surface area (Å²) in [5.41, 5.74) is 0.252. The first-order valence-electron chi connectivity index (χ1n) is 4.48. The van der Waals surface area contributed by atoms with E-state index >= 15 is 0 Å². The Balaban J connectivity index is 2.51. The summed E-state index contributed by atoms with van der Waals surface area (Å²) in [4.78, 5) is 11.4. The molecule has 0 amide bonds. The summed E-state index contributed by atoms with van der Waals surface area (Å²) in [5, 5.41) is 11.3. The Labute approximate surface area is 72.5 Å². The van der Waals surface area contributed by atoms with Crippen molar-refractivity contribution < 1.29 is 10.0 Å². The maximum absolute atomic E-state index is 11.4. The summed E-state index contributed by atoms with van der Waals surface area (Å²) in [7, 11) is 0. The highest BCUT2D eigenvalue weighted by molar-refractivity contribution is 6.39. The number of carbonyl (C=O) groups excluding carboxylic acids is 1. The molecule has 0 bridgehead atoms. The van der Waals surface area contributed by atoms with E-state index in [0.717, 1.165) is 25.7 Å². The fourth-order valence-electron chi connectivity index (χ4n) is 1.71. The predicted molar refractivity (Wildman–Crippen MR) is 46.5 cm³/mol. The van der Waals surface area contributed by atoms with Crippen LogP contribution in [0.4, 0.5) is 0 Å². The van der Waals surface area contributed by atoms with Crippen molar-refractivity contribution in [3.8, 4) is 0 Å². The van der Waals surface area contributed by atoms with Gasteiger partial charge in [0.25, 0.3) is 0 Å². The smallest absolute Gasteiger partial charge is 0.183 e. The van der Waals surface area contributed by atoms with E-state index in [1.54, 1.807) is 6.92 Å². The van der Waals surface area contributed by atoms with Crippen molar-refractivity contribution >= 4 is 11.5 Å². The molecule has 0 aromatic heterocycles. The molecule has 0 saturated heterocycles. The molecule has 68 valence electrons. The summed E-state index contributed by atoms with van der Waals surface area (Å²) in [6.45, 7) is 1.57. The van der Waals surface area contributed by atoms with Crippen molar-refractivity contribution in [1.29, 1.82) is 0 Å². The Hall–Kier alpha value is -0.860. The largest absolute Gasteiger partial charge is 0.411 e. The van der Waals surface area contributed by atoms with E-state index in [1.165, 1.54) is 6.42 Å². The van der Waals surface area contributed by atoms with E-state index in [9.17, 15) is 4.79 Å². The van der Waals surface area contributed by atoms with Gasteiger partial charge in [0.2, 0.25) is 0 Å². The Morgan fingerprint density at radius 1 is 1.33 bits per heavy atom. The maximum Gasteiger partial charge on any atom is 0.183 e. The lowest BCUT2D eigenvalue weighted by Gasteiger charge is -2.19. The van der Waals surface area contributed by atoms with E-state index in [1.807, 2.05) is 0 Å². The zero-order valence-electron chi connectivity index (χ0n) is 7.42. The molecule has 1 aliphatic carbocycles. The first-order chi connectivity index (χ1) is 5.75. The van der Waals surface area contributed by atoms with E-state index in [2.05, 4.69) is 5.16 Å². The molecule has 1 rings (SSSR count). The molecular formula is C9H15NO2. The molecule has 0 aromatic rings. The van der Waals surface area contributed by atoms with Crippen molar-refractivity contribution in [3.05, 3.63) is 0 Å². The predicted octanol–water partition coefficient (Wildman–Crippen LogP) is 1.99. The lowest BCUT2D eigenvalue weighted by molar-refractivity contribution is -0.117. The van der Waals surface area contributed by atoms with Crippen molar-refractivity contribution in [2.45, 2.75) is 39.0 Å². The monoisotopic (exact) mass is 169 g/mol. The highest BCUT2D eigenvalue weighted by atomic mass is 16.4. The standard InChI is InChI=1S/C9H15NO2/c1-7(10-12)9(11)8-5-3-2-4-6-8/h8,12H,2-6H2,1H3/b10-7+. The SMILES string of the molecule is C/C(=N\O)C(=O)C1CCCCC1. The minimum Gasteiger partial charge on any atom is -0.411 e. The molecule has 0 radical (unpaired) electrons. The van der Waals surface area contributed by atoms with E-state index < -0.39 is 0 Å². The molecule has 1 aliphatic rings. The van der Waals surface area contributed by atoms with Gasteiger partial charge in [-0.2, -0.15) is 0 Å². The first-order valence-corrected chi connectivity index (χ1v) is 4.48. The van der Waals surface area contributed by atoms with Gasteiger partial charge in [0.15, 0.2) is 5.78 Å². The van der Waals surface area contributed by atoms with Crippen LogP contribution in [-0.4, -0.2) is 16.7 Å². The van der Waals surface area contributed by atoms with Crippen molar-refractivity contribution in [2.24, 2.45) is 11.1 Å². The Bertz CT molecular complexity index is 193. The number of hydrogen-bond donors (Lipinski definition) is 1. The molecule has 1 fully saturated rings. The van der Waals surface area contributed by atoms with Crippen LogP contribution in [0.5, 0.6) is 0 Å². The fraction of sp³-hybridized carbons (Fsp3) is 0.778. The third-order valence-electron chi connectivity index (χ3n) is 2.48. The molecule has 0 unspecified atom stereocenters. The summed E-state index contributed by atoms with van der Waals surface area (Å²) >= 11 is 0. The molecular weight excluding hydrogens is 154 g/mol.